The van der Waals surface area contributed by atoms with Crippen LogP contribution in [-0.2, 0) is 10.2 Å². The van der Waals surface area contributed by atoms with Crippen LogP contribution in [0.3, 0.4) is 0 Å². The Labute approximate surface area is 96.4 Å². The molecule has 0 amide bonds. The molecule has 1 aromatic rings. The van der Waals surface area contributed by atoms with Crippen LogP contribution in [0.15, 0.2) is 22.7 Å². The molecule has 0 unspecified atom stereocenters. The second kappa shape index (κ2) is 3.52. The van der Waals surface area contributed by atoms with Crippen molar-refractivity contribution in [2.24, 2.45) is 0 Å². The minimum Gasteiger partial charge on any atom is -0.481 e. The maximum absolute atomic E-state index is 10.7. The van der Waals surface area contributed by atoms with E-state index in [-0.39, 0.29) is 11.8 Å². The Morgan fingerprint density at radius 2 is 2.20 bits per heavy atom. The normalized spacial score (nSPS) is 17.4. The van der Waals surface area contributed by atoms with Gasteiger partial charge in [0.1, 0.15) is 0 Å². The molecule has 0 bridgehead atoms. The zero-order chi connectivity index (χ0) is 11.1. The van der Waals surface area contributed by atoms with Gasteiger partial charge in [0.25, 0.3) is 0 Å². The van der Waals surface area contributed by atoms with Crippen molar-refractivity contribution in [2.45, 2.75) is 24.7 Å². The number of carboxylic acids is 1. The van der Waals surface area contributed by atoms with Crippen LogP contribution in [0.5, 0.6) is 0 Å². The number of halogens is 1. The average molecular weight is 270 g/mol. The standard InChI is InChI=1S/C11H12BrNO2/c12-8-2-1-7(5-9(8)13)11(3-4-11)6-10(14)15/h1-2,5H,3-4,6,13H2,(H,14,15). The monoisotopic (exact) mass is 269 g/mol. The highest BCUT2D eigenvalue weighted by Gasteiger charge is 2.46. The molecular formula is C11H12BrNO2. The fraction of sp³-hybridized carbons (Fsp3) is 0.364. The van der Waals surface area contributed by atoms with Crippen molar-refractivity contribution < 1.29 is 9.90 Å². The number of carboxylic acid groups (broad SMARTS) is 1. The first kappa shape index (κ1) is 10.5. The maximum Gasteiger partial charge on any atom is 0.304 e. The highest BCUT2D eigenvalue weighted by Crippen LogP contribution is 2.51. The van der Waals surface area contributed by atoms with Crippen molar-refractivity contribution in [3.63, 3.8) is 0 Å². The summed E-state index contributed by atoms with van der Waals surface area (Å²) in [6.45, 7) is 0. The summed E-state index contributed by atoms with van der Waals surface area (Å²) in [5.74, 6) is -0.742. The lowest BCUT2D eigenvalue weighted by molar-refractivity contribution is -0.137. The summed E-state index contributed by atoms with van der Waals surface area (Å²) in [6.07, 6.45) is 2.09. The molecule has 0 heterocycles. The lowest BCUT2D eigenvalue weighted by Crippen LogP contribution is -2.13. The number of carbonyl (C=O) groups is 1. The molecule has 0 aromatic heterocycles. The van der Waals surface area contributed by atoms with Gasteiger partial charge in [-0.2, -0.15) is 0 Å². The largest absolute Gasteiger partial charge is 0.481 e. The van der Waals surface area contributed by atoms with E-state index in [0.29, 0.717) is 5.69 Å². The van der Waals surface area contributed by atoms with E-state index in [1.807, 2.05) is 18.2 Å². The molecule has 1 saturated carbocycles. The van der Waals surface area contributed by atoms with E-state index >= 15 is 0 Å². The van der Waals surface area contributed by atoms with Gasteiger partial charge >= 0.3 is 5.97 Å². The van der Waals surface area contributed by atoms with Crippen LogP contribution < -0.4 is 5.73 Å². The summed E-state index contributed by atoms with van der Waals surface area (Å²) >= 11 is 3.33. The smallest absolute Gasteiger partial charge is 0.304 e. The van der Waals surface area contributed by atoms with E-state index in [0.717, 1.165) is 22.9 Å². The summed E-state index contributed by atoms with van der Waals surface area (Å²) in [6, 6.07) is 5.71. The maximum atomic E-state index is 10.7. The molecule has 1 fully saturated rings. The average Bonchev–Trinajstić information content (AvgIpc) is 2.89. The van der Waals surface area contributed by atoms with Crippen molar-refractivity contribution in [2.75, 3.05) is 5.73 Å². The van der Waals surface area contributed by atoms with Crippen LogP contribution in [0, 0.1) is 0 Å². The van der Waals surface area contributed by atoms with Crippen LogP contribution in [0.25, 0.3) is 0 Å². The van der Waals surface area contributed by atoms with Crippen LogP contribution in [-0.4, -0.2) is 11.1 Å². The fourth-order valence-electron chi connectivity index (χ4n) is 1.88. The number of benzene rings is 1. The second-order valence-corrected chi connectivity index (χ2v) is 4.94. The molecule has 0 spiro atoms. The Kier molecular flexibility index (Phi) is 2.46. The number of rotatable bonds is 3. The quantitative estimate of drug-likeness (QED) is 0.829. The van der Waals surface area contributed by atoms with Crippen LogP contribution in [0.2, 0.25) is 0 Å². The predicted octanol–water partition coefficient (Wildman–Crippen LogP) is 2.54. The molecule has 1 aliphatic rings. The molecule has 0 atom stereocenters. The van der Waals surface area contributed by atoms with Crippen LogP contribution >= 0.6 is 15.9 Å². The first-order valence-corrected chi connectivity index (χ1v) is 5.60. The van der Waals surface area contributed by atoms with E-state index in [4.69, 9.17) is 10.8 Å². The van der Waals surface area contributed by atoms with Gasteiger partial charge in [-0.1, -0.05) is 6.07 Å². The Morgan fingerprint density at radius 1 is 1.53 bits per heavy atom. The molecule has 3 N–H and O–H groups in total. The SMILES string of the molecule is Nc1cc(C2(CC(=O)O)CC2)ccc1Br. The van der Waals surface area contributed by atoms with Gasteiger partial charge in [0, 0.05) is 15.6 Å². The first-order chi connectivity index (χ1) is 7.03. The predicted molar refractivity (Wildman–Crippen MR) is 61.7 cm³/mol. The number of nitrogen functional groups attached to an aromatic ring is 1. The number of aliphatic carboxylic acids is 1. The lowest BCUT2D eigenvalue weighted by atomic mass is 9.92. The van der Waals surface area contributed by atoms with E-state index in [1.54, 1.807) is 0 Å². The minimum absolute atomic E-state index is 0.152. The van der Waals surface area contributed by atoms with Gasteiger partial charge < -0.3 is 10.8 Å². The molecule has 0 aliphatic heterocycles. The highest BCUT2D eigenvalue weighted by atomic mass is 79.9. The Bertz CT molecular complexity index is 413. The van der Waals surface area contributed by atoms with Gasteiger partial charge in [-0.15, -0.1) is 0 Å². The molecule has 15 heavy (non-hydrogen) atoms. The summed E-state index contributed by atoms with van der Waals surface area (Å²) in [4.78, 5) is 10.7. The molecule has 0 saturated heterocycles. The van der Waals surface area contributed by atoms with Crippen molar-refractivity contribution in [3.8, 4) is 0 Å². The third-order valence-corrected chi connectivity index (χ3v) is 3.67. The molecule has 0 radical (unpaired) electrons. The summed E-state index contributed by atoms with van der Waals surface area (Å²) < 4.78 is 0.859. The Hall–Kier alpha value is -1.03. The number of hydrogen-bond donors (Lipinski definition) is 2. The highest BCUT2D eigenvalue weighted by molar-refractivity contribution is 9.10. The Balaban J connectivity index is 2.29. The third-order valence-electron chi connectivity index (χ3n) is 2.95. The van der Waals surface area contributed by atoms with Gasteiger partial charge in [-0.3, -0.25) is 4.79 Å². The number of nitrogens with two attached hydrogens (primary N) is 1. The molecule has 2 rings (SSSR count). The topological polar surface area (TPSA) is 63.3 Å². The van der Waals surface area contributed by atoms with E-state index in [9.17, 15) is 4.79 Å². The van der Waals surface area contributed by atoms with Gasteiger partial charge in [-0.05, 0) is 46.5 Å². The lowest BCUT2D eigenvalue weighted by Gasteiger charge is -2.14. The van der Waals surface area contributed by atoms with Crippen LogP contribution in [0.4, 0.5) is 5.69 Å². The van der Waals surface area contributed by atoms with Gasteiger partial charge in [-0.25, -0.2) is 0 Å². The van der Waals surface area contributed by atoms with Gasteiger partial charge in [0.2, 0.25) is 0 Å². The zero-order valence-corrected chi connectivity index (χ0v) is 9.75. The van der Waals surface area contributed by atoms with Gasteiger partial charge in [0.05, 0.1) is 6.42 Å². The Morgan fingerprint density at radius 3 is 2.67 bits per heavy atom. The van der Waals surface area contributed by atoms with Crippen molar-refractivity contribution in [3.05, 3.63) is 28.2 Å². The third kappa shape index (κ3) is 2.00. The van der Waals surface area contributed by atoms with Crippen molar-refractivity contribution >= 4 is 27.6 Å². The molecule has 4 heteroatoms. The van der Waals surface area contributed by atoms with Crippen LogP contribution in [0.1, 0.15) is 24.8 Å². The van der Waals surface area contributed by atoms with Gasteiger partial charge in [0.15, 0.2) is 0 Å². The van der Waals surface area contributed by atoms with Crippen molar-refractivity contribution in [1.29, 1.82) is 0 Å². The van der Waals surface area contributed by atoms with E-state index in [2.05, 4.69) is 15.9 Å². The summed E-state index contributed by atoms with van der Waals surface area (Å²) in [5.41, 5.74) is 7.35. The minimum atomic E-state index is -0.742. The summed E-state index contributed by atoms with van der Waals surface area (Å²) in [7, 11) is 0. The summed E-state index contributed by atoms with van der Waals surface area (Å²) in [5, 5.41) is 8.83. The molecular weight excluding hydrogens is 258 g/mol. The number of anilines is 1. The molecule has 1 aliphatic carbocycles. The fourth-order valence-corrected chi connectivity index (χ4v) is 2.13. The van der Waals surface area contributed by atoms with E-state index < -0.39 is 5.97 Å². The van der Waals surface area contributed by atoms with E-state index in [1.165, 1.54) is 0 Å². The van der Waals surface area contributed by atoms with Crippen molar-refractivity contribution in [1.82, 2.24) is 0 Å². The number of hydrogen-bond acceptors (Lipinski definition) is 2. The zero-order valence-electron chi connectivity index (χ0n) is 8.16. The first-order valence-electron chi connectivity index (χ1n) is 4.81. The molecule has 3 nitrogen and oxygen atoms in total. The molecule has 1 aromatic carbocycles. The molecule has 80 valence electrons. The second-order valence-electron chi connectivity index (χ2n) is 4.09.